The number of carbonyl (C=O) groups is 1. The lowest BCUT2D eigenvalue weighted by Crippen LogP contribution is -2.41. The van der Waals surface area contributed by atoms with Gasteiger partial charge in [0.05, 0.1) is 6.04 Å². The number of hydrogen-bond acceptors (Lipinski definition) is 3. The fraction of sp³-hybridized carbons (Fsp3) is 0.143. The van der Waals surface area contributed by atoms with Crippen LogP contribution in [0.25, 0.3) is 11.1 Å². The normalized spacial score (nSPS) is 11.5. The molecule has 4 rings (SSSR count). The molecule has 1 amide bonds. The molecule has 34 heavy (non-hydrogen) atoms. The monoisotopic (exact) mass is 473 g/mol. The third-order valence-corrected chi connectivity index (χ3v) is 5.88. The van der Waals surface area contributed by atoms with Crippen LogP contribution in [-0.4, -0.2) is 16.5 Å². The third-order valence-electron chi connectivity index (χ3n) is 5.88. The number of halogens is 1. The van der Waals surface area contributed by atoms with E-state index >= 15 is 0 Å². The summed E-state index contributed by atoms with van der Waals surface area (Å²) in [7, 11) is 1.73. The molecule has 6 heteroatoms. The van der Waals surface area contributed by atoms with Crippen LogP contribution in [0.15, 0.2) is 102 Å². The minimum Gasteiger partial charge on any atom is -0.325 e. The fourth-order valence-electron chi connectivity index (χ4n) is 4.06. The second-order valence-electron chi connectivity index (χ2n) is 8.21. The number of pyridine rings is 1. The number of rotatable bonds is 6. The summed E-state index contributed by atoms with van der Waals surface area (Å²) in [6.45, 7) is 1.92. The van der Waals surface area contributed by atoms with Crippen LogP contribution in [0, 0.1) is 6.92 Å². The van der Waals surface area contributed by atoms with Crippen molar-refractivity contribution >= 4 is 24.0 Å². The van der Waals surface area contributed by atoms with E-state index in [1.807, 2.05) is 98.0 Å². The first-order chi connectivity index (χ1) is 15.9. The van der Waals surface area contributed by atoms with Gasteiger partial charge in [-0.15, -0.1) is 12.4 Å². The molecule has 0 spiro atoms. The second-order valence-corrected chi connectivity index (χ2v) is 8.21. The molecule has 0 radical (unpaired) electrons. The molecule has 0 aliphatic heterocycles. The Balaban J connectivity index is 0.00000324. The number of nitrogens with two attached hydrogens (primary N) is 1. The number of aromatic nitrogens is 1. The van der Waals surface area contributed by atoms with Crippen molar-refractivity contribution in [2.24, 2.45) is 12.8 Å². The Labute approximate surface area is 205 Å². The highest BCUT2D eigenvalue weighted by atomic mass is 35.5. The number of anilines is 1. The molecule has 3 aromatic carbocycles. The number of hydrogen-bond donors (Lipinski definition) is 2. The third kappa shape index (κ3) is 5.45. The predicted molar refractivity (Wildman–Crippen MR) is 140 cm³/mol. The van der Waals surface area contributed by atoms with Crippen molar-refractivity contribution in [2.45, 2.75) is 18.9 Å². The zero-order valence-electron chi connectivity index (χ0n) is 19.1. The standard InChI is InChI=1S/C28H27N3O2.ClH/c1-19-17-25(32)31(2)18-24(19)20-13-15-23(16-14-20)30-28(33)27(29)26(21-9-5-3-6-10-21)22-11-7-4-8-12-22;/h3-18,26-27H,29H2,1-2H3,(H,30,33);1H. The van der Waals surface area contributed by atoms with Gasteiger partial charge in [0.2, 0.25) is 5.91 Å². The number of nitrogens with zero attached hydrogens (tertiary/aromatic N) is 1. The van der Waals surface area contributed by atoms with Gasteiger partial charge in [-0.05, 0) is 41.3 Å². The highest BCUT2D eigenvalue weighted by molar-refractivity contribution is 5.96. The van der Waals surface area contributed by atoms with Crippen LogP contribution in [0.2, 0.25) is 0 Å². The number of carbonyl (C=O) groups excluding carboxylic acids is 1. The van der Waals surface area contributed by atoms with Crippen LogP contribution in [-0.2, 0) is 11.8 Å². The lowest BCUT2D eigenvalue weighted by Gasteiger charge is -2.24. The predicted octanol–water partition coefficient (Wildman–Crippen LogP) is 4.88. The molecule has 1 heterocycles. The largest absolute Gasteiger partial charge is 0.325 e. The molecule has 0 saturated carbocycles. The van der Waals surface area contributed by atoms with E-state index in [1.54, 1.807) is 17.7 Å². The van der Waals surface area contributed by atoms with E-state index in [0.717, 1.165) is 27.8 Å². The summed E-state index contributed by atoms with van der Waals surface area (Å²) in [6, 6.07) is 28.1. The Bertz CT molecular complexity index is 1260. The molecule has 0 aliphatic rings. The molecule has 0 fully saturated rings. The smallest absolute Gasteiger partial charge is 0.250 e. The van der Waals surface area contributed by atoms with Gasteiger partial charge in [-0.2, -0.15) is 0 Å². The minimum atomic E-state index is -0.764. The number of aryl methyl sites for hydroxylation is 2. The molecular weight excluding hydrogens is 446 g/mol. The van der Waals surface area contributed by atoms with Gasteiger partial charge >= 0.3 is 0 Å². The first-order valence-electron chi connectivity index (χ1n) is 10.9. The second kappa shape index (κ2) is 11.0. The van der Waals surface area contributed by atoms with Gasteiger partial charge in [0.1, 0.15) is 0 Å². The Morgan fingerprint density at radius 3 is 1.94 bits per heavy atom. The Morgan fingerprint density at radius 1 is 0.882 bits per heavy atom. The molecule has 174 valence electrons. The van der Waals surface area contributed by atoms with Crippen molar-refractivity contribution in [3.05, 3.63) is 124 Å². The lowest BCUT2D eigenvalue weighted by atomic mass is 9.85. The van der Waals surface area contributed by atoms with Gasteiger partial charge in [0, 0.05) is 36.5 Å². The van der Waals surface area contributed by atoms with Crippen molar-refractivity contribution < 1.29 is 4.79 Å². The van der Waals surface area contributed by atoms with Crippen LogP contribution in [0.3, 0.4) is 0 Å². The SMILES string of the molecule is Cc1cc(=O)n(C)cc1-c1ccc(NC(=O)C(N)C(c2ccccc2)c2ccccc2)cc1.Cl. The van der Waals surface area contributed by atoms with Crippen molar-refractivity contribution in [2.75, 3.05) is 5.32 Å². The van der Waals surface area contributed by atoms with Gasteiger partial charge < -0.3 is 15.6 Å². The van der Waals surface area contributed by atoms with E-state index in [9.17, 15) is 9.59 Å². The first kappa shape index (κ1) is 25.0. The van der Waals surface area contributed by atoms with Crippen molar-refractivity contribution in [3.63, 3.8) is 0 Å². The molecule has 0 saturated heterocycles. The maximum Gasteiger partial charge on any atom is 0.250 e. The van der Waals surface area contributed by atoms with E-state index in [-0.39, 0.29) is 29.8 Å². The summed E-state index contributed by atoms with van der Waals surface area (Å²) in [4.78, 5) is 24.9. The van der Waals surface area contributed by atoms with E-state index in [0.29, 0.717) is 5.69 Å². The summed E-state index contributed by atoms with van der Waals surface area (Å²) < 4.78 is 1.56. The first-order valence-corrected chi connectivity index (χ1v) is 10.9. The van der Waals surface area contributed by atoms with E-state index in [2.05, 4.69) is 5.32 Å². The zero-order chi connectivity index (χ0) is 23.4. The molecule has 1 aromatic heterocycles. The molecule has 3 N–H and O–H groups in total. The van der Waals surface area contributed by atoms with Gasteiger partial charge in [-0.3, -0.25) is 9.59 Å². The number of nitrogens with one attached hydrogen (secondary N) is 1. The molecular formula is C28H28ClN3O2. The lowest BCUT2D eigenvalue weighted by molar-refractivity contribution is -0.117. The Kier molecular flexibility index (Phi) is 8.05. The molecule has 0 aliphatic carbocycles. The van der Waals surface area contributed by atoms with Crippen molar-refractivity contribution in [3.8, 4) is 11.1 Å². The van der Waals surface area contributed by atoms with Crippen molar-refractivity contribution in [1.82, 2.24) is 4.57 Å². The Hall–Kier alpha value is -3.67. The Morgan fingerprint density at radius 2 is 1.41 bits per heavy atom. The summed E-state index contributed by atoms with van der Waals surface area (Å²) in [6.07, 6.45) is 1.82. The fourth-order valence-corrected chi connectivity index (χ4v) is 4.06. The molecule has 5 nitrogen and oxygen atoms in total. The van der Waals surface area contributed by atoms with Gasteiger partial charge in [-0.25, -0.2) is 0 Å². The molecule has 4 aromatic rings. The summed E-state index contributed by atoms with van der Waals surface area (Å²) >= 11 is 0. The summed E-state index contributed by atoms with van der Waals surface area (Å²) in [5, 5.41) is 2.96. The topological polar surface area (TPSA) is 77.1 Å². The average Bonchev–Trinajstić information content (AvgIpc) is 2.83. The number of amides is 1. The summed E-state index contributed by atoms with van der Waals surface area (Å²) in [5.74, 6) is -0.515. The van der Waals surface area contributed by atoms with Crippen LogP contribution in [0.1, 0.15) is 22.6 Å². The number of benzene rings is 3. The van der Waals surface area contributed by atoms with Crippen LogP contribution >= 0.6 is 12.4 Å². The van der Waals surface area contributed by atoms with E-state index in [4.69, 9.17) is 5.73 Å². The molecule has 1 unspecified atom stereocenters. The van der Waals surface area contributed by atoms with Crippen molar-refractivity contribution in [1.29, 1.82) is 0 Å². The highest BCUT2D eigenvalue weighted by Gasteiger charge is 2.27. The summed E-state index contributed by atoms with van der Waals surface area (Å²) in [5.41, 5.74) is 12.0. The van der Waals surface area contributed by atoms with Crippen LogP contribution in [0.4, 0.5) is 5.69 Å². The van der Waals surface area contributed by atoms with Crippen LogP contribution < -0.4 is 16.6 Å². The minimum absolute atomic E-state index is 0. The van der Waals surface area contributed by atoms with Gasteiger partial charge in [-0.1, -0.05) is 72.8 Å². The molecule has 0 bridgehead atoms. The average molecular weight is 474 g/mol. The van der Waals surface area contributed by atoms with Crippen LogP contribution in [0.5, 0.6) is 0 Å². The maximum atomic E-state index is 13.1. The van der Waals surface area contributed by atoms with E-state index in [1.165, 1.54) is 0 Å². The maximum absolute atomic E-state index is 13.1. The quantitative estimate of drug-likeness (QED) is 0.419. The zero-order valence-corrected chi connectivity index (χ0v) is 20.0. The van der Waals surface area contributed by atoms with E-state index < -0.39 is 6.04 Å². The van der Waals surface area contributed by atoms with Gasteiger partial charge in [0.25, 0.3) is 5.56 Å². The van der Waals surface area contributed by atoms with Gasteiger partial charge in [0.15, 0.2) is 0 Å². The highest BCUT2D eigenvalue weighted by Crippen LogP contribution is 2.28. The molecule has 1 atom stereocenters.